The van der Waals surface area contributed by atoms with Crippen LogP contribution < -0.4 is 10.6 Å². The number of nitrogens with one attached hydrogen (secondary N) is 2. The molecule has 2 aromatic carbocycles. The number of benzene rings is 2. The second-order valence-electron chi connectivity index (χ2n) is 5.05. The van der Waals surface area contributed by atoms with E-state index in [-0.39, 0.29) is 18.2 Å². The van der Waals surface area contributed by atoms with Gasteiger partial charge >= 0.3 is 0 Å². The third-order valence-corrected chi connectivity index (χ3v) is 3.41. The zero-order valence-corrected chi connectivity index (χ0v) is 13.2. The predicted molar refractivity (Wildman–Crippen MR) is 89.2 cm³/mol. The minimum Gasteiger partial charge on any atom is -0.326 e. The molecule has 2 rings (SSSR count). The van der Waals surface area contributed by atoms with E-state index in [1.54, 1.807) is 24.3 Å². The fraction of sp³-hybridized carbons (Fsp3) is 0.176. The Kier molecular flexibility index (Phi) is 5.17. The molecule has 0 bridgehead atoms. The van der Waals surface area contributed by atoms with Gasteiger partial charge in [0.05, 0.1) is 0 Å². The Morgan fingerprint density at radius 2 is 1.55 bits per heavy atom. The van der Waals surface area contributed by atoms with Gasteiger partial charge in [-0.25, -0.2) is 0 Å². The largest absolute Gasteiger partial charge is 0.326 e. The fourth-order valence-electron chi connectivity index (χ4n) is 2.11. The molecule has 0 aliphatic carbocycles. The van der Waals surface area contributed by atoms with Gasteiger partial charge in [-0.3, -0.25) is 9.59 Å². The molecular weight excluding hydrogens is 300 g/mol. The van der Waals surface area contributed by atoms with Gasteiger partial charge < -0.3 is 10.6 Å². The number of aryl methyl sites for hydroxylation is 2. The summed E-state index contributed by atoms with van der Waals surface area (Å²) in [6, 6.07) is 12.5. The quantitative estimate of drug-likeness (QED) is 0.840. The maximum atomic E-state index is 12.0. The normalized spacial score (nSPS) is 10.1. The third kappa shape index (κ3) is 4.33. The van der Waals surface area contributed by atoms with Gasteiger partial charge in [-0.05, 0) is 43.2 Å². The first-order valence-electron chi connectivity index (χ1n) is 6.87. The SMILES string of the molecule is Cc1cccc(C)c1NC(=O)CC(=O)Nc1cccc(Cl)c1. The van der Waals surface area contributed by atoms with Crippen LogP contribution in [0.25, 0.3) is 0 Å². The lowest BCUT2D eigenvalue weighted by molar-refractivity contribution is -0.123. The van der Waals surface area contributed by atoms with Crippen molar-refractivity contribution in [2.75, 3.05) is 10.6 Å². The summed E-state index contributed by atoms with van der Waals surface area (Å²) >= 11 is 5.85. The fourth-order valence-corrected chi connectivity index (χ4v) is 2.30. The number of rotatable bonds is 4. The number of para-hydroxylation sites is 1. The maximum absolute atomic E-state index is 12.0. The van der Waals surface area contributed by atoms with Crippen molar-refractivity contribution in [2.45, 2.75) is 20.3 Å². The minimum atomic E-state index is -0.383. The van der Waals surface area contributed by atoms with Crippen LogP contribution in [0.15, 0.2) is 42.5 Å². The van der Waals surface area contributed by atoms with Crippen LogP contribution in [0.4, 0.5) is 11.4 Å². The van der Waals surface area contributed by atoms with Gasteiger partial charge in [0.2, 0.25) is 11.8 Å². The average molecular weight is 317 g/mol. The van der Waals surface area contributed by atoms with Crippen LogP contribution in [0.3, 0.4) is 0 Å². The molecular formula is C17H17ClN2O2. The van der Waals surface area contributed by atoms with E-state index in [4.69, 9.17) is 11.6 Å². The number of amides is 2. The molecule has 2 amide bonds. The summed E-state index contributed by atoms with van der Waals surface area (Å²) in [5.41, 5.74) is 3.24. The second kappa shape index (κ2) is 7.09. The first-order chi connectivity index (χ1) is 10.5. The molecule has 2 N–H and O–H groups in total. The highest BCUT2D eigenvalue weighted by molar-refractivity contribution is 6.30. The Labute approximate surface area is 134 Å². The Balaban J connectivity index is 1.96. The summed E-state index contributed by atoms with van der Waals surface area (Å²) < 4.78 is 0. The Bertz CT molecular complexity index is 693. The highest BCUT2D eigenvalue weighted by Gasteiger charge is 2.12. The lowest BCUT2D eigenvalue weighted by Gasteiger charge is -2.11. The molecule has 0 aliphatic heterocycles. The zero-order chi connectivity index (χ0) is 16.1. The van der Waals surface area contributed by atoms with Crippen LogP contribution in [0.5, 0.6) is 0 Å². The van der Waals surface area contributed by atoms with Crippen molar-refractivity contribution in [3.05, 3.63) is 58.6 Å². The number of hydrogen-bond acceptors (Lipinski definition) is 2. The smallest absolute Gasteiger partial charge is 0.233 e. The lowest BCUT2D eigenvalue weighted by Crippen LogP contribution is -2.22. The molecule has 5 heteroatoms. The summed E-state index contributed by atoms with van der Waals surface area (Å²) in [6.07, 6.45) is -0.250. The van der Waals surface area contributed by atoms with Crippen LogP contribution in [0.1, 0.15) is 17.5 Å². The monoisotopic (exact) mass is 316 g/mol. The summed E-state index contributed by atoms with van der Waals surface area (Å²) in [5, 5.41) is 5.95. The van der Waals surface area contributed by atoms with E-state index in [1.807, 2.05) is 32.0 Å². The van der Waals surface area contributed by atoms with Crippen molar-refractivity contribution in [3.63, 3.8) is 0 Å². The van der Waals surface area contributed by atoms with Crippen molar-refractivity contribution in [1.82, 2.24) is 0 Å². The van der Waals surface area contributed by atoms with Crippen LogP contribution in [0.2, 0.25) is 5.02 Å². The average Bonchev–Trinajstić information content (AvgIpc) is 2.43. The third-order valence-electron chi connectivity index (χ3n) is 3.18. The van der Waals surface area contributed by atoms with Gasteiger partial charge in [-0.1, -0.05) is 35.9 Å². The number of anilines is 2. The number of carbonyl (C=O) groups excluding carboxylic acids is 2. The Hall–Kier alpha value is -2.33. The summed E-state index contributed by atoms with van der Waals surface area (Å²) in [7, 11) is 0. The van der Waals surface area contributed by atoms with E-state index in [1.165, 1.54) is 0 Å². The van der Waals surface area contributed by atoms with Crippen LogP contribution in [0, 0.1) is 13.8 Å². The molecule has 0 heterocycles. The van der Waals surface area contributed by atoms with Gasteiger partial charge in [0.15, 0.2) is 0 Å². The summed E-state index contributed by atoms with van der Waals surface area (Å²) in [5.74, 6) is -0.733. The number of carbonyl (C=O) groups is 2. The molecule has 0 atom stereocenters. The van der Waals surface area contributed by atoms with Crippen LogP contribution in [-0.4, -0.2) is 11.8 Å². The molecule has 0 saturated carbocycles. The van der Waals surface area contributed by atoms with Gasteiger partial charge in [0, 0.05) is 16.4 Å². The van der Waals surface area contributed by atoms with E-state index >= 15 is 0 Å². The molecule has 0 spiro atoms. The van der Waals surface area contributed by atoms with Crippen molar-refractivity contribution in [3.8, 4) is 0 Å². The molecule has 0 aliphatic rings. The highest BCUT2D eigenvalue weighted by Crippen LogP contribution is 2.20. The van der Waals surface area contributed by atoms with E-state index in [9.17, 15) is 9.59 Å². The molecule has 0 unspecified atom stereocenters. The first kappa shape index (κ1) is 16.0. The lowest BCUT2D eigenvalue weighted by atomic mass is 10.1. The number of halogens is 1. The van der Waals surface area contributed by atoms with Gasteiger partial charge in [-0.2, -0.15) is 0 Å². The maximum Gasteiger partial charge on any atom is 0.233 e. The number of hydrogen-bond donors (Lipinski definition) is 2. The van der Waals surface area contributed by atoms with E-state index in [0.717, 1.165) is 16.8 Å². The topological polar surface area (TPSA) is 58.2 Å². The first-order valence-corrected chi connectivity index (χ1v) is 7.25. The second-order valence-corrected chi connectivity index (χ2v) is 5.49. The van der Waals surface area contributed by atoms with E-state index < -0.39 is 0 Å². The van der Waals surface area contributed by atoms with Crippen molar-refractivity contribution < 1.29 is 9.59 Å². The molecule has 4 nitrogen and oxygen atoms in total. The van der Waals surface area contributed by atoms with Crippen molar-refractivity contribution in [1.29, 1.82) is 0 Å². The van der Waals surface area contributed by atoms with Crippen molar-refractivity contribution in [2.24, 2.45) is 0 Å². The minimum absolute atomic E-state index is 0.250. The van der Waals surface area contributed by atoms with Gasteiger partial charge in [0.1, 0.15) is 6.42 Å². The van der Waals surface area contributed by atoms with E-state index in [2.05, 4.69) is 10.6 Å². The molecule has 0 radical (unpaired) electrons. The highest BCUT2D eigenvalue weighted by atomic mass is 35.5. The van der Waals surface area contributed by atoms with E-state index in [0.29, 0.717) is 10.7 Å². The Morgan fingerprint density at radius 1 is 0.955 bits per heavy atom. The van der Waals surface area contributed by atoms with Gasteiger partial charge in [-0.15, -0.1) is 0 Å². The molecule has 22 heavy (non-hydrogen) atoms. The molecule has 2 aromatic rings. The summed E-state index contributed by atoms with van der Waals surface area (Å²) in [4.78, 5) is 23.9. The molecule has 0 aromatic heterocycles. The zero-order valence-electron chi connectivity index (χ0n) is 12.4. The molecule has 0 fully saturated rings. The van der Waals surface area contributed by atoms with Crippen LogP contribution in [-0.2, 0) is 9.59 Å². The summed E-state index contributed by atoms with van der Waals surface area (Å²) in [6.45, 7) is 3.82. The molecule has 0 saturated heterocycles. The Morgan fingerprint density at radius 3 is 2.18 bits per heavy atom. The molecule has 114 valence electrons. The van der Waals surface area contributed by atoms with Crippen LogP contribution >= 0.6 is 11.6 Å². The predicted octanol–water partition coefficient (Wildman–Crippen LogP) is 3.92. The van der Waals surface area contributed by atoms with Crippen molar-refractivity contribution >= 4 is 34.8 Å². The van der Waals surface area contributed by atoms with Gasteiger partial charge in [0.25, 0.3) is 0 Å². The standard InChI is InChI=1S/C17H17ClN2O2/c1-11-5-3-6-12(2)17(11)20-16(22)10-15(21)19-14-8-4-7-13(18)9-14/h3-9H,10H2,1-2H3,(H,19,21)(H,20,22).